The van der Waals surface area contributed by atoms with E-state index in [4.69, 9.17) is 4.74 Å². The van der Waals surface area contributed by atoms with Crippen molar-refractivity contribution in [3.63, 3.8) is 0 Å². The van der Waals surface area contributed by atoms with Gasteiger partial charge in [-0.05, 0) is 18.2 Å². The summed E-state index contributed by atoms with van der Waals surface area (Å²) in [6.07, 6.45) is 1.34. The summed E-state index contributed by atoms with van der Waals surface area (Å²) in [5, 5.41) is 3.37. The average molecular weight is 302 g/mol. The number of hydrogen-bond acceptors (Lipinski definition) is 5. The maximum atomic E-state index is 12.1. The molecule has 2 heterocycles. The number of amides is 1. The second kappa shape index (κ2) is 6.67. The van der Waals surface area contributed by atoms with Crippen molar-refractivity contribution >= 4 is 16.8 Å². The highest BCUT2D eigenvalue weighted by Crippen LogP contribution is 2.09. The van der Waals surface area contributed by atoms with Gasteiger partial charge in [-0.1, -0.05) is 0 Å². The Morgan fingerprint density at radius 3 is 3.00 bits per heavy atom. The molecule has 1 aromatic carbocycles. The van der Waals surface area contributed by atoms with Gasteiger partial charge in [0.25, 0.3) is 11.5 Å². The third-order valence-corrected chi connectivity index (χ3v) is 3.72. The first-order chi connectivity index (χ1) is 10.7. The Bertz CT molecular complexity index is 722. The van der Waals surface area contributed by atoms with Gasteiger partial charge in [0.2, 0.25) is 0 Å². The van der Waals surface area contributed by atoms with Crippen molar-refractivity contribution in [3.05, 3.63) is 40.4 Å². The van der Waals surface area contributed by atoms with Gasteiger partial charge < -0.3 is 15.0 Å². The molecule has 1 saturated heterocycles. The summed E-state index contributed by atoms with van der Waals surface area (Å²) in [6, 6.07) is 4.90. The third-order valence-electron chi connectivity index (χ3n) is 3.72. The summed E-state index contributed by atoms with van der Waals surface area (Å²) >= 11 is 0. The minimum absolute atomic E-state index is 0.155. The minimum atomic E-state index is -0.204. The van der Waals surface area contributed by atoms with Gasteiger partial charge in [-0.3, -0.25) is 14.5 Å². The zero-order valence-electron chi connectivity index (χ0n) is 12.2. The molecule has 0 atom stereocenters. The predicted octanol–water partition coefficient (Wildman–Crippen LogP) is -0.0149. The number of aromatic amines is 1. The molecule has 3 rings (SSSR count). The van der Waals surface area contributed by atoms with E-state index in [1.54, 1.807) is 18.2 Å². The lowest BCUT2D eigenvalue weighted by Gasteiger charge is -2.26. The van der Waals surface area contributed by atoms with Crippen LogP contribution >= 0.6 is 0 Å². The van der Waals surface area contributed by atoms with E-state index in [1.807, 2.05) is 0 Å². The number of nitrogens with zero attached hydrogens (tertiary/aromatic N) is 2. The van der Waals surface area contributed by atoms with Gasteiger partial charge >= 0.3 is 0 Å². The Kier molecular flexibility index (Phi) is 4.45. The molecule has 1 aliphatic rings. The van der Waals surface area contributed by atoms with Gasteiger partial charge in [0.15, 0.2) is 0 Å². The summed E-state index contributed by atoms with van der Waals surface area (Å²) in [5.41, 5.74) is 0.821. The van der Waals surface area contributed by atoms with E-state index in [9.17, 15) is 9.59 Å². The Hall–Kier alpha value is -2.25. The van der Waals surface area contributed by atoms with E-state index in [2.05, 4.69) is 20.2 Å². The Balaban J connectivity index is 1.61. The van der Waals surface area contributed by atoms with Crippen LogP contribution in [0.25, 0.3) is 10.9 Å². The van der Waals surface area contributed by atoms with Crippen LogP contribution in [0.4, 0.5) is 0 Å². The fourth-order valence-electron chi connectivity index (χ4n) is 2.46. The molecular weight excluding hydrogens is 284 g/mol. The van der Waals surface area contributed by atoms with Crippen molar-refractivity contribution in [1.29, 1.82) is 0 Å². The van der Waals surface area contributed by atoms with Crippen molar-refractivity contribution in [2.24, 2.45) is 0 Å². The Morgan fingerprint density at radius 2 is 2.18 bits per heavy atom. The Morgan fingerprint density at radius 1 is 1.36 bits per heavy atom. The van der Waals surface area contributed by atoms with Gasteiger partial charge in [-0.25, -0.2) is 4.98 Å². The van der Waals surface area contributed by atoms with Crippen LogP contribution in [0, 0.1) is 0 Å². The number of carbonyl (C=O) groups excluding carboxylic acids is 1. The predicted molar refractivity (Wildman–Crippen MR) is 82.0 cm³/mol. The minimum Gasteiger partial charge on any atom is -0.379 e. The van der Waals surface area contributed by atoms with Crippen molar-refractivity contribution in [2.75, 3.05) is 39.4 Å². The number of H-pyrrole nitrogens is 1. The van der Waals surface area contributed by atoms with Crippen LogP contribution in [-0.4, -0.2) is 60.2 Å². The number of benzene rings is 1. The monoisotopic (exact) mass is 302 g/mol. The highest BCUT2D eigenvalue weighted by Gasteiger charge is 2.11. The highest BCUT2D eigenvalue weighted by molar-refractivity contribution is 5.97. The number of fused-ring (bicyclic) bond motifs is 1. The number of rotatable bonds is 4. The zero-order chi connectivity index (χ0) is 15.4. The first-order valence-corrected chi connectivity index (χ1v) is 7.30. The summed E-state index contributed by atoms with van der Waals surface area (Å²) in [4.78, 5) is 32.6. The lowest BCUT2D eigenvalue weighted by atomic mass is 10.1. The summed E-state index contributed by atoms with van der Waals surface area (Å²) in [6.45, 7) is 4.69. The van der Waals surface area contributed by atoms with E-state index >= 15 is 0 Å². The lowest BCUT2D eigenvalue weighted by molar-refractivity contribution is 0.0383. The van der Waals surface area contributed by atoms with E-state index < -0.39 is 0 Å². The van der Waals surface area contributed by atoms with E-state index in [-0.39, 0.29) is 11.5 Å². The molecule has 2 aromatic rings. The van der Waals surface area contributed by atoms with Gasteiger partial charge in [0, 0.05) is 31.7 Å². The van der Waals surface area contributed by atoms with Gasteiger partial charge in [-0.15, -0.1) is 0 Å². The number of carbonyl (C=O) groups is 1. The van der Waals surface area contributed by atoms with Crippen LogP contribution in [0.2, 0.25) is 0 Å². The van der Waals surface area contributed by atoms with Crippen LogP contribution in [0.15, 0.2) is 29.3 Å². The van der Waals surface area contributed by atoms with Gasteiger partial charge in [0.05, 0.1) is 30.4 Å². The maximum Gasteiger partial charge on any atom is 0.258 e. The van der Waals surface area contributed by atoms with Crippen LogP contribution < -0.4 is 10.9 Å². The number of morpholine rings is 1. The summed E-state index contributed by atoms with van der Waals surface area (Å²) < 4.78 is 5.28. The lowest BCUT2D eigenvalue weighted by Crippen LogP contribution is -2.41. The van der Waals surface area contributed by atoms with Crippen LogP contribution in [-0.2, 0) is 4.74 Å². The number of nitrogens with one attached hydrogen (secondary N) is 2. The number of hydrogen-bond donors (Lipinski definition) is 2. The molecule has 1 amide bonds. The SMILES string of the molecule is O=C(NCCN1CCOCC1)c1ccc2c(=O)[nH]cnc2c1. The topological polar surface area (TPSA) is 87.3 Å². The van der Waals surface area contributed by atoms with E-state index in [1.165, 1.54) is 6.33 Å². The van der Waals surface area contributed by atoms with Crippen molar-refractivity contribution in [2.45, 2.75) is 0 Å². The van der Waals surface area contributed by atoms with Gasteiger partial charge in [-0.2, -0.15) is 0 Å². The standard InChI is InChI=1S/C15H18N4O3/c20-14(16-3-4-19-5-7-22-8-6-19)11-1-2-12-13(9-11)17-10-18-15(12)21/h1-2,9-10H,3-8H2,(H,16,20)(H,17,18,21). The number of aromatic nitrogens is 2. The molecule has 1 aliphatic heterocycles. The molecule has 7 heteroatoms. The second-order valence-electron chi connectivity index (χ2n) is 5.17. The number of ether oxygens (including phenoxy) is 1. The smallest absolute Gasteiger partial charge is 0.258 e. The third kappa shape index (κ3) is 3.32. The summed E-state index contributed by atoms with van der Waals surface area (Å²) in [7, 11) is 0. The molecule has 7 nitrogen and oxygen atoms in total. The molecule has 22 heavy (non-hydrogen) atoms. The normalized spacial score (nSPS) is 15.8. The quantitative estimate of drug-likeness (QED) is 0.829. The molecule has 1 fully saturated rings. The average Bonchev–Trinajstić information content (AvgIpc) is 2.55. The molecule has 0 saturated carbocycles. The molecule has 2 N–H and O–H groups in total. The van der Waals surface area contributed by atoms with Crippen LogP contribution in [0.5, 0.6) is 0 Å². The fraction of sp³-hybridized carbons (Fsp3) is 0.400. The van der Waals surface area contributed by atoms with E-state index in [0.717, 1.165) is 32.8 Å². The first kappa shape index (κ1) is 14.7. The van der Waals surface area contributed by atoms with Crippen LogP contribution in [0.3, 0.4) is 0 Å². The summed E-state index contributed by atoms with van der Waals surface area (Å²) in [5.74, 6) is -0.155. The first-order valence-electron chi connectivity index (χ1n) is 7.30. The van der Waals surface area contributed by atoms with Crippen molar-refractivity contribution < 1.29 is 9.53 Å². The molecule has 0 bridgehead atoms. The largest absolute Gasteiger partial charge is 0.379 e. The Labute approximate surface area is 127 Å². The zero-order valence-corrected chi connectivity index (χ0v) is 12.2. The van der Waals surface area contributed by atoms with Crippen LogP contribution in [0.1, 0.15) is 10.4 Å². The van der Waals surface area contributed by atoms with E-state index in [0.29, 0.717) is 23.0 Å². The molecule has 1 aromatic heterocycles. The maximum absolute atomic E-state index is 12.1. The highest BCUT2D eigenvalue weighted by atomic mass is 16.5. The fourth-order valence-corrected chi connectivity index (χ4v) is 2.46. The van der Waals surface area contributed by atoms with Crippen molar-refractivity contribution in [1.82, 2.24) is 20.2 Å². The second-order valence-corrected chi connectivity index (χ2v) is 5.17. The molecule has 116 valence electrons. The molecule has 0 radical (unpaired) electrons. The molecular formula is C15H18N4O3. The molecule has 0 aliphatic carbocycles. The van der Waals surface area contributed by atoms with Crippen molar-refractivity contribution in [3.8, 4) is 0 Å². The molecule has 0 spiro atoms. The van der Waals surface area contributed by atoms with Gasteiger partial charge in [0.1, 0.15) is 0 Å². The molecule has 0 unspecified atom stereocenters.